The van der Waals surface area contributed by atoms with Crippen molar-refractivity contribution in [1.82, 2.24) is 19.1 Å². The van der Waals surface area contributed by atoms with Gasteiger partial charge in [-0.25, -0.2) is 4.98 Å². The van der Waals surface area contributed by atoms with Gasteiger partial charge in [0.25, 0.3) is 0 Å². The molecule has 0 saturated carbocycles. The van der Waals surface area contributed by atoms with Crippen LogP contribution < -0.4 is 0 Å². The van der Waals surface area contributed by atoms with E-state index in [0.717, 1.165) is 49.6 Å². The van der Waals surface area contributed by atoms with E-state index in [-0.39, 0.29) is 0 Å². The summed E-state index contributed by atoms with van der Waals surface area (Å²) >= 11 is 0. The van der Waals surface area contributed by atoms with Crippen molar-refractivity contribution in [3.63, 3.8) is 0 Å². The Balaban J connectivity index is 1.01. The Morgan fingerprint density at radius 3 is 1.55 bits per heavy atom. The molecule has 260 valence electrons. The van der Waals surface area contributed by atoms with Crippen molar-refractivity contribution in [3.05, 3.63) is 194 Å². The normalized spacial score (nSPS) is 11.9. The molecule has 0 aliphatic heterocycles. The van der Waals surface area contributed by atoms with Crippen LogP contribution in [0.15, 0.2) is 194 Å². The predicted molar refractivity (Wildman–Crippen MR) is 234 cm³/mol. The van der Waals surface area contributed by atoms with Crippen LogP contribution in [-0.2, 0) is 0 Å². The molecule has 56 heavy (non-hydrogen) atoms. The van der Waals surface area contributed by atoms with Crippen LogP contribution >= 0.6 is 0 Å². The Bertz CT molecular complexity index is 3500. The van der Waals surface area contributed by atoms with Gasteiger partial charge in [-0.2, -0.15) is 0 Å². The van der Waals surface area contributed by atoms with E-state index in [1.54, 1.807) is 0 Å². The standard InChI is InChI=1S/C52H32N4/c1-2-12-37(13-3-1)55-46-18-8-5-14-39(46)41-30-31-42-40-15-6-9-19-47(40)56(52(42)51(41)55)38-27-24-34(25-28-38)33-20-22-35(23-21-33)48-43-16-4-7-17-45(43)54-50-44(48)29-26-36-11-10-32-53-49(36)50/h1-32H. The zero-order valence-corrected chi connectivity index (χ0v) is 30.3. The lowest BCUT2D eigenvalue weighted by Gasteiger charge is -2.14. The van der Waals surface area contributed by atoms with Gasteiger partial charge in [-0.05, 0) is 65.2 Å². The minimum atomic E-state index is 0.930. The molecule has 12 rings (SSSR count). The summed E-state index contributed by atoms with van der Waals surface area (Å²) in [5, 5.41) is 8.33. The third-order valence-electron chi connectivity index (χ3n) is 11.5. The van der Waals surface area contributed by atoms with Gasteiger partial charge in [0, 0.05) is 60.8 Å². The van der Waals surface area contributed by atoms with Gasteiger partial charge in [0.15, 0.2) is 0 Å². The van der Waals surface area contributed by atoms with Gasteiger partial charge in [0.1, 0.15) is 0 Å². The fraction of sp³-hybridized carbons (Fsp3) is 0. The molecule has 0 amide bonds. The summed E-state index contributed by atoms with van der Waals surface area (Å²) in [6.45, 7) is 0. The first-order chi connectivity index (χ1) is 27.8. The molecule has 0 unspecified atom stereocenters. The van der Waals surface area contributed by atoms with E-state index < -0.39 is 0 Å². The topological polar surface area (TPSA) is 35.6 Å². The molecule has 0 aliphatic rings. The summed E-state index contributed by atoms with van der Waals surface area (Å²) in [5.74, 6) is 0. The van der Waals surface area contributed by atoms with E-state index in [1.165, 1.54) is 60.3 Å². The highest BCUT2D eigenvalue weighted by Crippen LogP contribution is 2.42. The number of fused-ring (bicyclic) bond motifs is 11. The number of pyridine rings is 2. The highest BCUT2D eigenvalue weighted by Gasteiger charge is 2.21. The Hall–Kier alpha value is -7.56. The van der Waals surface area contributed by atoms with E-state index in [4.69, 9.17) is 9.97 Å². The van der Waals surface area contributed by atoms with Gasteiger partial charge >= 0.3 is 0 Å². The molecule has 0 fully saturated rings. The molecule has 0 spiro atoms. The Morgan fingerprint density at radius 1 is 0.339 bits per heavy atom. The lowest BCUT2D eigenvalue weighted by Crippen LogP contribution is -1.98. The molecule has 4 heterocycles. The van der Waals surface area contributed by atoms with E-state index in [9.17, 15) is 0 Å². The number of aromatic nitrogens is 4. The molecule has 0 aliphatic carbocycles. The maximum absolute atomic E-state index is 5.11. The monoisotopic (exact) mass is 712 g/mol. The molecule has 4 heteroatoms. The van der Waals surface area contributed by atoms with Gasteiger partial charge in [0.05, 0.1) is 38.6 Å². The fourth-order valence-corrected chi connectivity index (χ4v) is 9.05. The number of rotatable bonds is 4. The van der Waals surface area contributed by atoms with E-state index in [1.807, 2.05) is 12.3 Å². The summed E-state index contributed by atoms with van der Waals surface area (Å²) < 4.78 is 4.89. The predicted octanol–water partition coefficient (Wildman–Crippen LogP) is 13.5. The Morgan fingerprint density at radius 2 is 0.875 bits per heavy atom. The molecule has 0 radical (unpaired) electrons. The minimum absolute atomic E-state index is 0.930. The van der Waals surface area contributed by atoms with Crippen LogP contribution in [0.2, 0.25) is 0 Å². The van der Waals surface area contributed by atoms with Crippen LogP contribution in [0.5, 0.6) is 0 Å². The van der Waals surface area contributed by atoms with Gasteiger partial charge in [-0.1, -0.05) is 140 Å². The number of para-hydroxylation sites is 4. The lowest BCUT2D eigenvalue weighted by molar-refractivity contribution is 1.15. The average Bonchev–Trinajstić information content (AvgIpc) is 3.79. The maximum atomic E-state index is 5.11. The van der Waals surface area contributed by atoms with Crippen LogP contribution in [-0.4, -0.2) is 19.1 Å². The zero-order valence-electron chi connectivity index (χ0n) is 30.3. The average molecular weight is 713 g/mol. The van der Waals surface area contributed by atoms with Crippen molar-refractivity contribution < 1.29 is 0 Å². The molecule has 4 nitrogen and oxygen atoms in total. The largest absolute Gasteiger partial charge is 0.307 e. The summed E-state index contributed by atoms with van der Waals surface area (Å²) in [7, 11) is 0. The van der Waals surface area contributed by atoms with Crippen molar-refractivity contribution in [1.29, 1.82) is 0 Å². The molecular formula is C52H32N4. The van der Waals surface area contributed by atoms with E-state index in [2.05, 4.69) is 191 Å². The van der Waals surface area contributed by atoms with Crippen molar-refractivity contribution in [2.45, 2.75) is 0 Å². The van der Waals surface area contributed by atoms with Crippen LogP contribution in [0.1, 0.15) is 0 Å². The molecule has 0 atom stereocenters. The molecular weight excluding hydrogens is 681 g/mol. The van der Waals surface area contributed by atoms with Crippen LogP contribution in [0.4, 0.5) is 0 Å². The van der Waals surface area contributed by atoms with E-state index >= 15 is 0 Å². The first-order valence-electron chi connectivity index (χ1n) is 19.1. The Labute approximate surface area is 322 Å². The quantitative estimate of drug-likeness (QED) is 0.135. The van der Waals surface area contributed by atoms with Crippen molar-refractivity contribution in [2.24, 2.45) is 0 Å². The number of hydrogen-bond donors (Lipinski definition) is 0. The molecule has 0 bridgehead atoms. The second-order valence-electron chi connectivity index (χ2n) is 14.6. The van der Waals surface area contributed by atoms with E-state index in [0.29, 0.717) is 0 Å². The highest BCUT2D eigenvalue weighted by molar-refractivity contribution is 6.24. The van der Waals surface area contributed by atoms with Crippen LogP contribution in [0.25, 0.3) is 110 Å². The number of nitrogens with zero attached hydrogens (tertiary/aromatic N) is 4. The summed E-state index contributed by atoms with van der Waals surface area (Å²) in [6, 6.07) is 67.8. The third kappa shape index (κ3) is 4.47. The zero-order chi connectivity index (χ0) is 36.7. The second-order valence-corrected chi connectivity index (χ2v) is 14.6. The second kappa shape index (κ2) is 12.0. The van der Waals surface area contributed by atoms with Crippen molar-refractivity contribution >= 4 is 76.3 Å². The number of benzene rings is 8. The van der Waals surface area contributed by atoms with Gasteiger partial charge in [-0.3, -0.25) is 4.98 Å². The fourth-order valence-electron chi connectivity index (χ4n) is 9.05. The molecule has 8 aromatic carbocycles. The Kier molecular flexibility index (Phi) is 6.60. The summed E-state index contributed by atoms with van der Waals surface area (Å²) in [6.07, 6.45) is 1.85. The van der Waals surface area contributed by atoms with Crippen LogP contribution in [0, 0.1) is 0 Å². The summed E-state index contributed by atoms with van der Waals surface area (Å²) in [5.41, 5.74) is 14.6. The smallest absolute Gasteiger partial charge is 0.0978 e. The van der Waals surface area contributed by atoms with Gasteiger partial charge < -0.3 is 9.13 Å². The van der Waals surface area contributed by atoms with Gasteiger partial charge in [-0.15, -0.1) is 0 Å². The molecule has 0 saturated heterocycles. The third-order valence-corrected chi connectivity index (χ3v) is 11.5. The summed E-state index contributed by atoms with van der Waals surface area (Å²) in [4.78, 5) is 9.85. The van der Waals surface area contributed by atoms with Gasteiger partial charge in [0.2, 0.25) is 0 Å². The molecule has 12 aromatic rings. The highest BCUT2D eigenvalue weighted by atomic mass is 15.0. The number of hydrogen-bond acceptors (Lipinski definition) is 2. The maximum Gasteiger partial charge on any atom is 0.0978 e. The van der Waals surface area contributed by atoms with Crippen molar-refractivity contribution in [3.8, 4) is 33.6 Å². The lowest BCUT2D eigenvalue weighted by atomic mass is 9.93. The van der Waals surface area contributed by atoms with Crippen molar-refractivity contribution in [2.75, 3.05) is 0 Å². The van der Waals surface area contributed by atoms with Crippen LogP contribution in [0.3, 0.4) is 0 Å². The minimum Gasteiger partial charge on any atom is -0.307 e. The molecule has 0 N–H and O–H groups in total. The SMILES string of the molecule is c1ccc(-n2c3ccccc3c3ccc4c5ccccc5n(-c5ccc(-c6ccc(-c7c8ccccc8nc8c7ccc7cccnc78)cc6)cc5)c4c32)cc1. The first-order valence-corrected chi connectivity index (χ1v) is 19.1. The first kappa shape index (κ1) is 30.9. The molecule has 4 aromatic heterocycles.